The minimum Gasteiger partial charge on any atom is -0.393 e. The van der Waals surface area contributed by atoms with Crippen molar-refractivity contribution in [3.05, 3.63) is 24.3 Å². The highest BCUT2D eigenvalue weighted by Gasteiger charge is 2.51. The third kappa shape index (κ3) is 21.3. The Balaban J connectivity index is 2.71. The summed E-state index contributed by atoms with van der Waals surface area (Å²) in [6.45, 7) is 3.63. The van der Waals surface area contributed by atoms with Crippen molar-refractivity contribution in [3.8, 4) is 0 Å². The molecule has 0 spiro atoms. The van der Waals surface area contributed by atoms with Gasteiger partial charge in [-0.15, -0.1) is 0 Å². The second kappa shape index (κ2) is 28.3. The average Bonchev–Trinajstić information content (AvgIpc) is 3.09. The van der Waals surface area contributed by atoms with Gasteiger partial charge < -0.3 is 46.0 Å². The molecule has 13 nitrogen and oxygen atoms in total. The zero-order chi connectivity index (χ0) is 38.1. The normalized spacial score (nSPS) is 25.6. The predicted octanol–water partition coefficient (Wildman–Crippen LogP) is 4.47. The molecule has 1 amide bonds. The Kier molecular flexibility index (Phi) is 26.5. The summed E-state index contributed by atoms with van der Waals surface area (Å²) < 4.78 is 22.7. The number of hydrogen-bond acceptors (Lipinski definition) is 11. The maximum absolute atomic E-state index is 12.8. The maximum Gasteiger partial charge on any atom is 0.472 e. The van der Waals surface area contributed by atoms with Gasteiger partial charge in [0.1, 0.15) is 36.6 Å². The predicted molar refractivity (Wildman–Crippen MR) is 197 cm³/mol. The van der Waals surface area contributed by atoms with Gasteiger partial charge in [-0.1, -0.05) is 128 Å². The van der Waals surface area contributed by atoms with Gasteiger partial charge in [-0.2, -0.15) is 0 Å². The van der Waals surface area contributed by atoms with Gasteiger partial charge in [-0.3, -0.25) is 13.8 Å². The number of carbonyl (C=O) groups is 1. The van der Waals surface area contributed by atoms with Crippen molar-refractivity contribution in [1.29, 1.82) is 0 Å². The van der Waals surface area contributed by atoms with Crippen molar-refractivity contribution in [3.63, 3.8) is 0 Å². The zero-order valence-corrected chi connectivity index (χ0v) is 31.9. The molecule has 1 aliphatic carbocycles. The van der Waals surface area contributed by atoms with Crippen molar-refractivity contribution in [2.75, 3.05) is 6.61 Å². The molecule has 0 aromatic heterocycles. The van der Waals surface area contributed by atoms with E-state index < -0.39 is 75.2 Å². The molecular weight excluding hydrogens is 681 g/mol. The molecule has 0 aromatic carbocycles. The number of hydrogen-bond donors (Lipinski definition) is 9. The smallest absolute Gasteiger partial charge is 0.393 e. The van der Waals surface area contributed by atoms with Crippen LogP contribution in [0.1, 0.15) is 142 Å². The van der Waals surface area contributed by atoms with Crippen LogP contribution in [0.5, 0.6) is 0 Å². The molecule has 0 bridgehead atoms. The van der Waals surface area contributed by atoms with Crippen molar-refractivity contribution < 1.29 is 59.0 Å². The van der Waals surface area contributed by atoms with Crippen molar-refractivity contribution in [2.45, 2.75) is 197 Å². The summed E-state index contributed by atoms with van der Waals surface area (Å²) in [7, 11) is -5.13. The first-order valence-electron chi connectivity index (χ1n) is 19.4. The molecule has 8 atom stereocenters. The molecule has 1 saturated carbocycles. The molecule has 0 saturated heterocycles. The highest BCUT2D eigenvalue weighted by Crippen LogP contribution is 2.47. The molecule has 1 rings (SSSR count). The fourth-order valence-corrected chi connectivity index (χ4v) is 6.99. The monoisotopic (exact) mass is 751 g/mol. The second-order valence-electron chi connectivity index (χ2n) is 14.0. The third-order valence-corrected chi connectivity index (χ3v) is 10.3. The van der Waals surface area contributed by atoms with Gasteiger partial charge in [0.15, 0.2) is 0 Å². The lowest BCUT2D eigenvalue weighted by Gasteiger charge is -2.41. The van der Waals surface area contributed by atoms with E-state index in [0.717, 1.165) is 44.9 Å². The highest BCUT2D eigenvalue weighted by atomic mass is 31.2. The molecule has 14 heteroatoms. The van der Waals surface area contributed by atoms with Gasteiger partial charge in [-0.25, -0.2) is 4.57 Å². The summed E-state index contributed by atoms with van der Waals surface area (Å²) in [5, 5.41) is 73.9. The molecule has 300 valence electrons. The molecule has 0 heterocycles. The Morgan fingerprint density at radius 3 is 1.73 bits per heavy atom. The van der Waals surface area contributed by atoms with Crippen molar-refractivity contribution in [2.24, 2.45) is 0 Å². The zero-order valence-electron chi connectivity index (χ0n) is 31.0. The number of allylic oxidation sites excluding steroid dienone is 3. The van der Waals surface area contributed by atoms with Gasteiger partial charge in [-0.05, 0) is 32.1 Å². The van der Waals surface area contributed by atoms with E-state index in [1.54, 1.807) is 6.08 Å². The lowest BCUT2D eigenvalue weighted by atomic mass is 9.85. The number of phosphoric ester groups is 1. The van der Waals surface area contributed by atoms with E-state index in [1.165, 1.54) is 70.3 Å². The molecule has 0 aromatic rings. The number of carbonyl (C=O) groups excluding carboxylic acids is 1. The van der Waals surface area contributed by atoms with Crippen molar-refractivity contribution in [1.82, 2.24) is 5.32 Å². The first kappa shape index (κ1) is 47.8. The minimum atomic E-state index is -5.13. The first-order chi connectivity index (χ1) is 24.3. The Morgan fingerprint density at radius 2 is 1.16 bits per heavy atom. The Morgan fingerprint density at radius 1 is 0.686 bits per heavy atom. The van der Waals surface area contributed by atoms with Gasteiger partial charge >= 0.3 is 7.82 Å². The molecular formula is C37H70NO12P. The summed E-state index contributed by atoms with van der Waals surface area (Å²) in [6.07, 6.45) is 13.1. The number of amides is 1. The molecule has 9 N–H and O–H groups in total. The van der Waals surface area contributed by atoms with Crippen LogP contribution in [0.4, 0.5) is 0 Å². The summed E-state index contributed by atoms with van der Waals surface area (Å²) in [6, 6.07) is -1.25. The summed E-state index contributed by atoms with van der Waals surface area (Å²) >= 11 is 0. The van der Waals surface area contributed by atoms with E-state index in [9.17, 15) is 50.0 Å². The molecule has 0 radical (unpaired) electrons. The third-order valence-electron chi connectivity index (χ3n) is 9.29. The molecule has 1 fully saturated rings. The second-order valence-corrected chi connectivity index (χ2v) is 15.4. The highest BCUT2D eigenvalue weighted by molar-refractivity contribution is 7.47. The van der Waals surface area contributed by atoms with Crippen LogP contribution in [0, 0.1) is 0 Å². The number of aliphatic hydroxyl groups excluding tert-OH is 7. The molecule has 51 heavy (non-hydrogen) atoms. The quantitative estimate of drug-likeness (QED) is 0.0282. The van der Waals surface area contributed by atoms with E-state index >= 15 is 0 Å². The van der Waals surface area contributed by atoms with Crippen molar-refractivity contribution >= 4 is 13.7 Å². The standard InChI is InChI=1S/C37H70NO12P/c1-3-5-7-9-11-13-14-15-16-17-19-21-23-25-30(40)29(38-31(41)26-28(39)24-22-20-18-12-10-8-6-4-2)27-49-51(47,48)50-37-35(45)33(43)32(42)34(44)36(37)46/h16-17,23,25,28-30,32-37,39-40,42-46H,3-15,18-22,24,26-27H2,1-2H3,(H,38,41)(H,47,48)/b17-16+,25-23+. The van der Waals surface area contributed by atoms with E-state index in [-0.39, 0.29) is 6.42 Å². The summed E-state index contributed by atoms with van der Waals surface area (Å²) in [5.41, 5.74) is 0. The topological polar surface area (TPSA) is 226 Å². The molecule has 1 aliphatic rings. The Bertz CT molecular complexity index is 985. The van der Waals surface area contributed by atoms with Crippen LogP contribution in [-0.2, 0) is 18.4 Å². The lowest BCUT2D eigenvalue weighted by Crippen LogP contribution is -2.64. The largest absolute Gasteiger partial charge is 0.472 e. The summed E-state index contributed by atoms with van der Waals surface area (Å²) in [4.78, 5) is 23.2. The van der Waals surface area contributed by atoms with Gasteiger partial charge in [0, 0.05) is 0 Å². The van der Waals surface area contributed by atoms with Crippen LogP contribution < -0.4 is 5.32 Å². The van der Waals surface area contributed by atoms with E-state index in [0.29, 0.717) is 12.8 Å². The van der Waals surface area contributed by atoms with Gasteiger partial charge in [0.05, 0.1) is 31.3 Å². The fourth-order valence-electron chi connectivity index (χ4n) is 6.02. The number of phosphoric acid groups is 1. The molecule has 0 aliphatic heterocycles. The summed E-state index contributed by atoms with van der Waals surface area (Å²) in [5.74, 6) is -0.608. The number of aliphatic hydroxyl groups is 7. The van der Waals surface area contributed by atoms with E-state index in [2.05, 4.69) is 31.3 Å². The fraction of sp³-hybridized carbons (Fsp3) is 0.865. The van der Waals surface area contributed by atoms with E-state index in [4.69, 9.17) is 9.05 Å². The first-order valence-corrected chi connectivity index (χ1v) is 20.9. The lowest BCUT2D eigenvalue weighted by molar-refractivity contribution is -0.220. The van der Waals surface area contributed by atoms with Crippen LogP contribution in [-0.4, -0.2) is 108 Å². The SMILES string of the molecule is CCCCCCCCC/C=C/CC/C=C/C(O)C(COP(=O)(O)OC1C(O)C(O)C(O)C(O)C1O)NC(=O)CC(O)CCCCCCCCCC. The van der Waals surface area contributed by atoms with Crippen LogP contribution >= 0.6 is 7.82 Å². The van der Waals surface area contributed by atoms with Crippen LogP contribution in [0.2, 0.25) is 0 Å². The van der Waals surface area contributed by atoms with E-state index in [1.807, 2.05) is 0 Å². The van der Waals surface area contributed by atoms with Gasteiger partial charge in [0.2, 0.25) is 5.91 Å². The maximum atomic E-state index is 12.8. The number of nitrogens with one attached hydrogen (secondary N) is 1. The van der Waals surface area contributed by atoms with Crippen LogP contribution in [0.25, 0.3) is 0 Å². The minimum absolute atomic E-state index is 0.251. The molecule has 8 unspecified atom stereocenters. The van der Waals surface area contributed by atoms with Crippen LogP contribution in [0.3, 0.4) is 0 Å². The Labute approximate surface area is 305 Å². The number of unbranched alkanes of at least 4 members (excludes halogenated alkanes) is 15. The Hall–Kier alpha value is -1.22. The van der Waals surface area contributed by atoms with Crippen LogP contribution in [0.15, 0.2) is 24.3 Å². The number of rotatable bonds is 30. The average molecular weight is 752 g/mol. The van der Waals surface area contributed by atoms with Gasteiger partial charge in [0.25, 0.3) is 0 Å².